The molecule has 0 fully saturated rings. The summed E-state index contributed by atoms with van der Waals surface area (Å²) < 4.78 is 6.12. The highest BCUT2D eigenvalue weighted by Gasteiger charge is 2.26. The first-order valence-corrected chi connectivity index (χ1v) is 11.7. The van der Waals surface area contributed by atoms with Gasteiger partial charge in [0.25, 0.3) is 0 Å². The van der Waals surface area contributed by atoms with Crippen LogP contribution in [0.4, 0.5) is 0 Å². The van der Waals surface area contributed by atoms with Crippen LogP contribution < -0.4 is 10.2 Å². The number of amides is 1. The maximum Gasteiger partial charge on any atom is 0.240 e. The number of rotatable bonds is 11. The molecule has 1 heterocycles. The average Bonchev–Trinajstić information content (AvgIpc) is 3.24. The monoisotopic (exact) mass is 428 g/mol. The molecule has 0 aliphatic rings. The lowest BCUT2D eigenvalue weighted by Gasteiger charge is -2.30. The number of hydrogen-bond acceptors (Lipinski definition) is 4. The third-order valence-corrected chi connectivity index (χ3v) is 6.79. The van der Waals surface area contributed by atoms with Crippen molar-refractivity contribution in [3.8, 4) is 5.75 Å². The summed E-state index contributed by atoms with van der Waals surface area (Å²) in [5, 5.41) is 5.97. The van der Waals surface area contributed by atoms with Crippen LogP contribution in [0.1, 0.15) is 83.2 Å². The molecule has 0 spiro atoms. The van der Waals surface area contributed by atoms with Crippen molar-refractivity contribution in [2.24, 2.45) is 5.10 Å². The van der Waals surface area contributed by atoms with Gasteiger partial charge in [0, 0.05) is 16.9 Å². The number of carbonyl (C=O) groups excluding carboxylic acids is 1. The molecule has 1 N–H and O–H groups in total. The van der Waals surface area contributed by atoms with E-state index in [4.69, 9.17) is 4.74 Å². The first kappa shape index (κ1) is 24.1. The van der Waals surface area contributed by atoms with Gasteiger partial charge in [-0.2, -0.15) is 5.10 Å². The third-order valence-electron chi connectivity index (χ3n) is 5.99. The van der Waals surface area contributed by atoms with Crippen molar-refractivity contribution in [3.05, 3.63) is 51.7 Å². The van der Waals surface area contributed by atoms with Gasteiger partial charge in [0.1, 0.15) is 5.75 Å². The predicted molar refractivity (Wildman–Crippen MR) is 128 cm³/mol. The summed E-state index contributed by atoms with van der Waals surface area (Å²) in [4.78, 5) is 13.0. The highest BCUT2D eigenvalue weighted by atomic mass is 32.1. The number of hydrogen-bond donors (Lipinski definition) is 1. The Kier molecular flexibility index (Phi) is 8.65. The second-order valence-electron chi connectivity index (χ2n) is 8.95. The number of ether oxygens (including phenoxy) is 1. The standard InChI is InChI=1S/C25H36N2O2S/c1-7-24(3,4)19-13-14-22(21(17-19)25(5,6)8-2)29-15-9-12-23(28)27-26-18-20-11-10-16-30-20/h10-11,13-14,16-18H,7-9,12,15H2,1-6H3,(H,27,28)/b26-18+. The van der Waals surface area contributed by atoms with Crippen molar-refractivity contribution in [3.63, 3.8) is 0 Å². The first-order chi connectivity index (χ1) is 14.2. The average molecular weight is 429 g/mol. The van der Waals surface area contributed by atoms with E-state index in [1.54, 1.807) is 17.6 Å². The van der Waals surface area contributed by atoms with Crippen LogP contribution in [-0.4, -0.2) is 18.7 Å². The van der Waals surface area contributed by atoms with Gasteiger partial charge in [-0.05, 0) is 53.2 Å². The van der Waals surface area contributed by atoms with Gasteiger partial charge in [0.15, 0.2) is 0 Å². The zero-order valence-corrected chi connectivity index (χ0v) is 20.1. The SMILES string of the molecule is CCC(C)(C)c1ccc(OCCCC(=O)N/N=C/c2cccs2)c(C(C)(C)CC)c1. The fraction of sp³-hybridized carbons (Fsp3) is 0.520. The molecule has 164 valence electrons. The van der Waals surface area contributed by atoms with Crippen LogP contribution in [0, 0.1) is 0 Å². The van der Waals surface area contributed by atoms with Gasteiger partial charge >= 0.3 is 0 Å². The molecule has 0 aliphatic carbocycles. The van der Waals surface area contributed by atoms with Gasteiger partial charge in [-0.1, -0.05) is 59.7 Å². The Labute approximate surface area is 185 Å². The molecule has 1 aromatic heterocycles. The van der Waals surface area contributed by atoms with E-state index in [9.17, 15) is 4.79 Å². The van der Waals surface area contributed by atoms with Gasteiger partial charge in [-0.3, -0.25) is 4.79 Å². The Hall–Kier alpha value is -2.14. The van der Waals surface area contributed by atoms with Crippen LogP contribution >= 0.6 is 11.3 Å². The van der Waals surface area contributed by atoms with Gasteiger partial charge in [-0.25, -0.2) is 5.43 Å². The summed E-state index contributed by atoms with van der Waals surface area (Å²) in [6.07, 6.45) is 4.81. The van der Waals surface area contributed by atoms with E-state index < -0.39 is 0 Å². The fourth-order valence-corrected chi connectivity index (χ4v) is 3.59. The second-order valence-corrected chi connectivity index (χ2v) is 9.93. The summed E-state index contributed by atoms with van der Waals surface area (Å²) in [5.41, 5.74) is 5.33. The summed E-state index contributed by atoms with van der Waals surface area (Å²) >= 11 is 1.58. The van der Waals surface area contributed by atoms with Gasteiger partial charge in [-0.15, -0.1) is 11.3 Å². The normalized spacial score (nSPS) is 12.3. The van der Waals surface area contributed by atoms with E-state index in [0.29, 0.717) is 19.4 Å². The Balaban J connectivity index is 1.94. The number of thiophene rings is 1. The lowest BCUT2D eigenvalue weighted by Crippen LogP contribution is -2.21. The Morgan fingerprint density at radius 1 is 1.13 bits per heavy atom. The molecule has 0 bridgehead atoms. The minimum Gasteiger partial charge on any atom is -0.493 e. The van der Waals surface area contributed by atoms with Crippen LogP contribution in [0.25, 0.3) is 0 Å². The maximum absolute atomic E-state index is 12.0. The Bertz CT molecular complexity index is 839. The smallest absolute Gasteiger partial charge is 0.240 e. The summed E-state index contributed by atoms with van der Waals surface area (Å²) in [5.74, 6) is 0.828. The molecule has 2 rings (SSSR count). The van der Waals surface area contributed by atoms with Crippen LogP contribution in [-0.2, 0) is 15.6 Å². The highest BCUT2D eigenvalue weighted by Crippen LogP contribution is 2.38. The molecular weight excluding hydrogens is 392 g/mol. The largest absolute Gasteiger partial charge is 0.493 e. The molecule has 0 radical (unpaired) electrons. The molecule has 5 heteroatoms. The molecule has 0 saturated carbocycles. The van der Waals surface area contributed by atoms with Crippen LogP contribution in [0.2, 0.25) is 0 Å². The van der Waals surface area contributed by atoms with Crippen LogP contribution in [0.3, 0.4) is 0 Å². The number of benzene rings is 1. The molecule has 4 nitrogen and oxygen atoms in total. The zero-order chi connectivity index (χ0) is 22.2. The van der Waals surface area contributed by atoms with Crippen molar-refractivity contribution in [2.75, 3.05) is 6.61 Å². The zero-order valence-electron chi connectivity index (χ0n) is 19.2. The molecule has 0 atom stereocenters. The predicted octanol–water partition coefficient (Wildman–Crippen LogP) is 6.43. The Morgan fingerprint density at radius 3 is 2.50 bits per heavy atom. The van der Waals surface area contributed by atoms with E-state index in [0.717, 1.165) is 23.5 Å². The molecule has 1 amide bonds. The molecule has 0 aliphatic heterocycles. The van der Waals surface area contributed by atoms with E-state index >= 15 is 0 Å². The number of nitrogens with zero attached hydrogens (tertiary/aromatic N) is 1. The minimum absolute atomic E-state index is 0.0308. The quantitative estimate of drug-likeness (QED) is 0.255. The van der Waals surface area contributed by atoms with Crippen molar-refractivity contribution in [1.29, 1.82) is 0 Å². The lowest BCUT2D eigenvalue weighted by atomic mass is 9.76. The van der Waals surface area contributed by atoms with Crippen molar-refractivity contribution < 1.29 is 9.53 Å². The summed E-state index contributed by atoms with van der Waals surface area (Å²) in [7, 11) is 0. The van der Waals surface area contributed by atoms with Crippen LogP contribution in [0.5, 0.6) is 5.75 Å². The van der Waals surface area contributed by atoms with Crippen molar-refractivity contribution in [1.82, 2.24) is 5.43 Å². The molecule has 0 saturated heterocycles. The summed E-state index contributed by atoms with van der Waals surface area (Å²) in [6.45, 7) is 14.0. The van der Waals surface area contributed by atoms with Crippen LogP contribution in [0.15, 0.2) is 40.8 Å². The summed E-state index contributed by atoms with van der Waals surface area (Å²) in [6, 6.07) is 10.5. The lowest BCUT2D eigenvalue weighted by molar-refractivity contribution is -0.121. The second kappa shape index (κ2) is 10.8. The van der Waals surface area contributed by atoms with E-state index in [2.05, 4.69) is 70.3 Å². The van der Waals surface area contributed by atoms with E-state index in [1.165, 1.54) is 11.1 Å². The molecule has 30 heavy (non-hydrogen) atoms. The number of carbonyl (C=O) groups is 1. The highest BCUT2D eigenvalue weighted by molar-refractivity contribution is 7.11. The van der Waals surface area contributed by atoms with Gasteiger partial charge in [0.2, 0.25) is 5.91 Å². The minimum atomic E-state index is -0.0967. The first-order valence-electron chi connectivity index (χ1n) is 10.8. The fourth-order valence-electron chi connectivity index (χ4n) is 3.00. The third kappa shape index (κ3) is 6.69. The van der Waals surface area contributed by atoms with Gasteiger partial charge < -0.3 is 4.74 Å². The molecular formula is C25H36N2O2S. The topological polar surface area (TPSA) is 50.7 Å². The maximum atomic E-state index is 12.0. The molecule has 2 aromatic rings. The van der Waals surface area contributed by atoms with Gasteiger partial charge in [0.05, 0.1) is 12.8 Å². The van der Waals surface area contributed by atoms with Crippen molar-refractivity contribution >= 4 is 23.5 Å². The molecule has 0 unspecified atom stereocenters. The Morgan fingerprint density at radius 2 is 1.87 bits per heavy atom. The van der Waals surface area contributed by atoms with E-state index in [1.807, 2.05) is 17.5 Å². The van der Waals surface area contributed by atoms with Crippen molar-refractivity contribution in [2.45, 2.75) is 78.1 Å². The molecule has 1 aromatic carbocycles. The number of nitrogens with one attached hydrogen (secondary N) is 1. The van der Waals surface area contributed by atoms with E-state index in [-0.39, 0.29) is 16.7 Å². The number of hydrazone groups is 1.